The Bertz CT molecular complexity index is 257. The Kier molecular flexibility index (Phi) is 3.13. The Morgan fingerprint density at radius 3 is 2.86 bits per heavy atom. The van der Waals surface area contributed by atoms with Crippen molar-refractivity contribution in [2.45, 2.75) is 6.04 Å². The summed E-state index contributed by atoms with van der Waals surface area (Å²) in [5.74, 6) is 0.703. The molecule has 1 aromatic heterocycles. The minimum Gasteiger partial charge on any atom is -0.447 e. The molecule has 2 N–H and O–H groups in total. The highest BCUT2D eigenvalue weighted by molar-refractivity contribution is 4.92. The van der Waals surface area contributed by atoms with E-state index in [0.29, 0.717) is 12.4 Å². The van der Waals surface area contributed by atoms with E-state index < -0.39 is 0 Å². The van der Waals surface area contributed by atoms with E-state index in [1.165, 1.54) is 0 Å². The van der Waals surface area contributed by atoms with Crippen LogP contribution < -0.4 is 5.73 Å². The smallest absolute Gasteiger partial charge is 0.212 e. The summed E-state index contributed by atoms with van der Waals surface area (Å²) in [6.45, 7) is 3.84. The van der Waals surface area contributed by atoms with E-state index >= 15 is 0 Å². The van der Waals surface area contributed by atoms with Gasteiger partial charge in [-0.2, -0.15) is 0 Å². The molecule has 0 amide bonds. The third-order valence-electron chi connectivity index (χ3n) is 2.45. The lowest BCUT2D eigenvalue weighted by atomic mass is 10.2. The monoisotopic (exact) mass is 197 g/mol. The van der Waals surface area contributed by atoms with Crippen LogP contribution in [0.4, 0.5) is 0 Å². The van der Waals surface area contributed by atoms with E-state index in [1.807, 2.05) is 0 Å². The van der Waals surface area contributed by atoms with Crippen LogP contribution in [0.5, 0.6) is 0 Å². The summed E-state index contributed by atoms with van der Waals surface area (Å²) in [4.78, 5) is 6.38. The number of oxazole rings is 1. The van der Waals surface area contributed by atoms with E-state index in [4.69, 9.17) is 14.9 Å². The van der Waals surface area contributed by atoms with Crippen molar-refractivity contribution in [2.75, 3.05) is 32.8 Å². The first-order valence-electron chi connectivity index (χ1n) is 4.83. The normalized spacial score (nSPS) is 20.9. The average Bonchev–Trinajstić information content (AvgIpc) is 2.74. The number of rotatable bonds is 3. The molecule has 1 aromatic rings. The Morgan fingerprint density at radius 1 is 1.50 bits per heavy atom. The van der Waals surface area contributed by atoms with E-state index in [1.54, 1.807) is 12.5 Å². The lowest BCUT2D eigenvalue weighted by Gasteiger charge is -2.31. The van der Waals surface area contributed by atoms with Crippen molar-refractivity contribution in [3.8, 4) is 0 Å². The number of nitrogens with two attached hydrogens (primary N) is 1. The van der Waals surface area contributed by atoms with Crippen LogP contribution in [-0.4, -0.2) is 42.7 Å². The maximum atomic E-state index is 5.71. The summed E-state index contributed by atoms with van der Waals surface area (Å²) >= 11 is 0. The van der Waals surface area contributed by atoms with Crippen LogP contribution in [0, 0.1) is 0 Å². The summed E-state index contributed by atoms with van der Waals surface area (Å²) in [5, 5.41) is 0. The molecule has 1 aliphatic heterocycles. The first kappa shape index (κ1) is 9.64. The zero-order valence-corrected chi connectivity index (χ0v) is 8.06. The molecule has 5 nitrogen and oxygen atoms in total. The molecule has 0 aliphatic carbocycles. The summed E-state index contributed by atoms with van der Waals surface area (Å²) in [6, 6.07) is 0.0916. The molecule has 1 atom stereocenters. The summed E-state index contributed by atoms with van der Waals surface area (Å²) in [5.41, 5.74) is 5.71. The number of hydrogen-bond donors (Lipinski definition) is 1. The SMILES string of the molecule is NCC(c1ncco1)N1CCOCC1. The van der Waals surface area contributed by atoms with Gasteiger partial charge in [0.05, 0.1) is 25.5 Å². The standard InChI is InChI=1S/C9H15N3O2/c10-7-8(9-11-1-4-14-9)12-2-5-13-6-3-12/h1,4,8H,2-3,5-7,10H2. The van der Waals surface area contributed by atoms with Crippen molar-refractivity contribution in [3.63, 3.8) is 0 Å². The molecule has 0 aromatic carbocycles. The highest BCUT2D eigenvalue weighted by Gasteiger charge is 2.24. The van der Waals surface area contributed by atoms with Gasteiger partial charge in [-0.05, 0) is 0 Å². The summed E-state index contributed by atoms with van der Waals surface area (Å²) < 4.78 is 10.5. The molecule has 1 aliphatic rings. The molecule has 2 rings (SSSR count). The molecular formula is C9H15N3O2. The molecule has 2 heterocycles. The van der Waals surface area contributed by atoms with Crippen molar-refractivity contribution in [2.24, 2.45) is 5.73 Å². The Morgan fingerprint density at radius 2 is 2.29 bits per heavy atom. The third-order valence-corrected chi connectivity index (χ3v) is 2.45. The second-order valence-corrected chi connectivity index (χ2v) is 3.27. The third kappa shape index (κ3) is 1.95. The fourth-order valence-electron chi connectivity index (χ4n) is 1.69. The van der Waals surface area contributed by atoms with Gasteiger partial charge in [0.2, 0.25) is 5.89 Å². The van der Waals surface area contributed by atoms with E-state index in [0.717, 1.165) is 26.3 Å². The Labute approximate surface area is 82.8 Å². The molecule has 0 radical (unpaired) electrons. The zero-order chi connectivity index (χ0) is 9.80. The second kappa shape index (κ2) is 4.54. The highest BCUT2D eigenvalue weighted by atomic mass is 16.5. The van der Waals surface area contributed by atoms with E-state index in [-0.39, 0.29) is 6.04 Å². The van der Waals surface area contributed by atoms with Crippen LogP contribution in [0.15, 0.2) is 16.9 Å². The van der Waals surface area contributed by atoms with Crippen LogP contribution in [0.2, 0.25) is 0 Å². The Balaban J connectivity index is 2.04. The number of morpholine rings is 1. The molecule has 1 fully saturated rings. The molecule has 1 unspecified atom stereocenters. The lowest BCUT2D eigenvalue weighted by molar-refractivity contribution is 0.0124. The van der Waals surface area contributed by atoms with Gasteiger partial charge in [0.15, 0.2) is 0 Å². The maximum absolute atomic E-state index is 5.71. The van der Waals surface area contributed by atoms with Gasteiger partial charge in [0.1, 0.15) is 6.26 Å². The predicted octanol–water partition coefficient (Wildman–Crippen LogP) is 0.00660. The van der Waals surface area contributed by atoms with Crippen LogP contribution in [0.1, 0.15) is 11.9 Å². The molecule has 5 heteroatoms. The molecule has 0 bridgehead atoms. The van der Waals surface area contributed by atoms with E-state index in [2.05, 4.69) is 9.88 Å². The minimum atomic E-state index is 0.0916. The number of aromatic nitrogens is 1. The molecule has 78 valence electrons. The molecule has 1 saturated heterocycles. The number of nitrogens with zero attached hydrogens (tertiary/aromatic N) is 2. The lowest BCUT2D eigenvalue weighted by Crippen LogP contribution is -2.41. The van der Waals surface area contributed by atoms with Gasteiger partial charge >= 0.3 is 0 Å². The molecule has 0 spiro atoms. The number of hydrogen-bond acceptors (Lipinski definition) is 5. The molecule has 0 saturated carbocycles. The van der Waals surface area contributed by atoms with Gasteiger partial charge < -0.3 is 14.9 Å². The van der Waals surface area contributed by atoms with Crippen LogP contribution >= 0.6 is 0 Å². The summed E-state index contributed by atoms with van der Waals surface area (Å²) in [7, 11) is 0. The van der Waals surface area contributed by atoms with Crippen molar-refractivity contribution in [1.82, 2.24) is 9.88 Å². The predicted molar refractivity (Wildman–Crippen MR) is 50.7 cm³/mol. The van der Waals surface area contributed by atoms with Gasteiger partial charge in [-0.15, -0.1) is 0 Å². The Hall–Kier alpha value is -0.910. The molecular weight excluding hydrogens is 182 g/mol. The van der Waals surface area contributed by atoms with Gasteiger partial charge in [-0.3, -0.25) is 4.90 Å². The van der Waals surface area contributed by atoms with Gasteiger partial charge in [-0.1, -0.05) is 0 Å². The zero-order valence-electron chi connectivity index (χ0n) is 8.06. The first-order valence-corrected chi connectivity index (χ1v) is 4.83. The van der Waals surface area contributed by atoms with Crippen LogP contribution in [0.3, 0.4) is 0 Å². The van der Waals surface area contributed by atoms with Crippen LogP contribution in [0.25, 0.3) is 0 Å². The second-order valence-electron chi connectivity index (χ2n) is 3.27. The quantitative estimate of drug-likeness (QED) is 0.739. The first-order chi connectivity index (χ1) is 6.92. The topological polar surface area (TPSA) is 64.5 Å². The van der Waals surface area contributed by atoms with Gasteiger partial charge in [-0.25, -0.2) is 4.98 Å². The number of ether oxygens (including phenoxy) is 1. The van der Waals surface area contributed by atoms with E-state index in [9.17, 15) is 0 Å². The maximum Gasteiger partial charge on any atom is 0.212 e. The van der Waals surface area contributed by atoms with Crippen molar-refractivity contribution in [1.29, 1.82) is 0 Å². The summed E-state index contributed by atoms with van der Waals surface area (Å²) in [6.07, 6.45) is 3.23. The van der Waals surface area contributed by atoms with Crippen LogP contribution in [-0.2, 0) is 4.74 Å². The van der Waals surface area contributed by atoms with Gasteiger partial charge in [0.25, 0.3) is 0 Å². The van der Waals surface area contributed by atoms with Crippen molar-refractivity contribution >= 4 is 0 Å². The van der Waals surface area contributed by atoms with Gasteiger partial charge in [0, 0.05) is 19.6 Å². The highest BCUT2D eigenvalue weighted by Crippen LogP contribution is 2.18. The average molecular weight is 197 g/mol. The fraction of sp³-hybridized carbons (Fsp3) is 0.667. The largest absolute Gasteiger partial charge is 0.447 e. The minimum absolute atomic E-state index is 0.0916. The van der Waals surface area contributed by atoms with Crippen molar-refractivity contribution in [3.05, 3.63) is 18.4 Å². The molecule has 14 heavy (non-hydrogen) atoms. The fourth-order valence-corrected chi connectivity index (χ4v) is 1.69. The van der Waals surface area contributed by atoms with Crippen molar-refractivity contribution < 1.29 is 9.15 Å².